The highest BCUT2D eigenvalue weighted by atomic mass is 16.5. The van der Waals surface area contributed by atoms with Crippen LogP contribution in [-0.4, -0.2) is 24.5 Å². The third-order valence-electron chi connectivity index (χ3n) is 2.93. The van der Waals surface area contributed by atoms with Crippen LogP contribution in [0.25, 0.3) is 0 Å². The number of pyridine rings is 1. The number of hydrogen-bond acceptors (Lipinski definition) is 4. The summed E-state index contributed by atoms with van der Waals surface area (Å²) in [6, 6.07) is 10.7. The number of aromatic nitrogens is 1. The fraction of sp³-hybridized carbons (Fsp3) is 0.250. The van der Waals surface area contributed by atoms with Crippen LogP contribution in [0.15, 0.2) is 42.6 Å². The monoisotopic (exact) mass is 285 g/mol. The molecule has 2 aromatic rings. The van der Waals surface area contributed by atoms with E-state index in [1.54, 1.807) is 49.7 Å². The third-order valence-corrected chi connectivity index (χ3v) is 2.93. The fourth-order valence-electron chi connectivity index (χ4n) is 1.76. The number of benzene rings is 1. The number of ether oxygens (including phenoxy) is 1. The minimum atomic E-state index is -0.185. The Morgan fingerprint density at radius 2 is 1.95 bits per heavy atom. The molecule has 0 atom stereocenters. The van der Waals surface area contributed by atoms with Crippen molar-refractivity contribution in [2.24, 2.45) is 0 Å². The Morgan fingerprint density at radius 1 is 1.19 bits per heavy atom. The van der Waals surface area contributed by atoms with Crippen LogP contribution in [0, 0.1) is 0 Å². The van der Waals surface area contributed by atoms with Gasteiger partial charge in [0.05, 0.1) is 12.7 Å². The van der Waals surface area contributed by atoms with Gasteiger partial charge in [0.25, 0.3) is 5.91 Å². The van der Waals surface area contributed by atoms with Gasteiger partial charge in [-0.05, 0) is 42.8 Å². The summed E-state index contributed by atoms with van der Waals surface area (Å²) in [7, 11) is 1.60. The molecule has 21 heavy (non-hydrogen) atoms. The Balaban J connectivity index is 1.98. The molecule has 110 valence electrons. The summed E-state index contributed by atoms with van der Waals surface area (Å²) < 4.78 is 5.07. The van der Waals surface area contributed by atoms with Crippen molar-refractivity contribution in [1.82, 2.24) is 4.98 Å². The maximum absolute atomic E-state index is 12.1. The smallest absolute Gasteiger partial charge is 0.257 e. The van der Waals surface area contributed by atoms with Crippen LogP contribution in [0.5, 0.6) is 5.75 Å². The van der Waals surface area contributed by atoms with Crippen molar-refractivity contribution in [1.29, 1.82) is 0 Å². The SMILES string of the molecule is CCCNc1ccc(C(=O)Nc2ccc(OC)cc2)cn1. The summed E-state index contributed by atoms with van der Waals surface area (Å²) >= 11 is 0. The molecule has 0 saturated heterocycles. The topological polar surface area (TPSA) is 63.2 Å². The largest absolute Gasteiger partial charge is 0.497 e. The van der Waals surface area contributed by atoms with Crippen LogP contribution < -0.4 is 15.4 Å². The second-order valence-corrected chi connectivity index (χ2v) is 4.54. The first-order valence-corrected chi connectivity index (χ1v) is 6.88. The minimum Gasteiger partial charge on any atom is -0.497 e. The van der Waals surface area contributed by atoms with E-state index in [9.17, 15) is 4.79 Å². The molecule has 0 aliphatic carbocycles. The zero-order valence-corrected chi connectivity index (χ0v) is 12.2. The molecular formula is C16H19N3O2. The van der Waals surface area contributed by atoms with Crippen LogP contribution >= 0.6 is 0 Å². The Bertz CT molecular complexity index is 579. The second kappa shape index (κ2) is 7.28. The maximum atomic E-state index is 12.1. The van der Waals surface area contributed by atoms with E-state index in [0.29, 0.717) is 11.3 Å². The van der Waals surface area contributed by atoms with Gasteiger partial charge in [-0.1, -0.05) is 6.92 Å². The van der Waals surface area contributed by atoms with Crippen LogP contribution in [0.4, 0.5) is 11.5 Å². The first-order chi connectivity index (χ1) is 10.2. The first-order valence-electron chi connectivity index (χ1n) is 6.88. The van der Waals surface area contributed by atoms with Crippen LogP contribution in [0.1, 0.15) is 23.7 Å². The molecule has 5 heteroatoms. The summed E-state index contributed by atoms with van der Waals surface area (Å²) in [4.78, 5) is 16.3. The molecule has 5 nitrogen and oxygen atoms in total. The number of rotatable bonds is 6. The molecule has 0 fully saturated rings. The number of carbonyl (C=O) groups is 1. The average Bonchev–Trinajstić information content (AvgIpc) is 2.54. The van der Waals surface area contributed by atoms with E-state index in [1.807, 2.05) is 0 Å². The predicted octanol–water partition coefficient (Wildman–Crippen LogP) is 3.16. The van der Waals surface area contributed by atoms with Crippen molar-refractivity contribution >= 4 is 17.4 Å². The molecule has 0 aliphatic heterocycles. The number of carbonyl (C=O) groups excluding carboxylic acids is 1. The van der Waals surface area contributed by atoms with Gasteiger partial charge in [0.2, 0.25) is 0 Å². The van der Waals surface area contributed by atoms with Gasteiger partial charge in [0.15, 0.2) is 0 Å². The minimum absolute atomic E-state index is 0.185. The molecule has 0 saturated carbocycles. The summed E-state index contributed by atoms with van der Waals surface area (Å²) in [5.41, 5.74) is 1.24. The number of anilines is 2. The lowest BCUT2D eigenvalue weighted by molar-refractivity contribution is 0.102. The zero-order chi connectivity index (χ0) is 15.1. The van der Waals surface area contributed by atoms with Gasteiger partial charge in [-0.15, -0.1) is 0 Å². The van der Waals surface area contributed by atoms with Crippen LogP contribution in [0.2, 0.25) is 0 Å². The van der Waals surface area contributed by atoms with Gasteiger partial charge in [0.1, 0.15) is 11.6 Å². The molecule has 1 aromatic heterocycles. The molecule has 1 heterocycles. The predicted molar refractivity (Wildman–Crippen MR) is 84.0 cm³/mol. The van der Waals surface area contributed by atoms with E-state index in [1.165, 1.54) is 0 Å². The number of nitrogens with one attached hydrogen (secondary N) is 2. The van der Waals surface area contributed by atoms with Gasteiger partial charge >= 0.3 is 0 Å². The van der Waals surface area contributed by atoms with Crippen molar-refractivity contribution < 1.29 is 9.53 Å². The molecule has 2 rings (SSSR count). The van der Waals surface area contributed by atoms with Gasteiger partial charge in [-0.3, -0.25) is 4.79 Å². The molecule has 0 aliphatic rings. The second-order valence-electron chi connectivity index (χ2n) is 4.54. The molecule has 1 amide bonds. The van der Waals surface area contributed by atoms with Crippen molar-refractivity contribution in [3.8, 4) is 5.75 Å². The standard InChI is InChI=1S/C16H19N3O2/c1-3-10-17-15-9-4-12(11-18-15)16(20)19-13-5-7-14(21-2)8-6-13/h4-9,11H,3,10H2,1-2H3,(H,17,18)(H,19,20). The summed E-state index contributed by atoms with van der Waals surface area (Å²) in [6.07, 6.45) is 2.60. The molecule has 2 N–H and O–H groups in total. The van der Waals surface area contributed by atoms with Gasteiger partial charge in [-0.2, -0.15) is 0 Å². The van der Waals surface area contributed by atoms with E-state index >= 15 is 0 Å². The highest BCUT2D eigenvalue weighted by Gasteiger charge is 2.06. The quantitative estimate of drug-likeness (QED) is 0.855. The van der Waals surface area contributed by atoms with Crippen molar-refractivity contribution in [2.75, 3.05) is 24.3 Å². The molecule has 0 radical (unpaired) electrons. The Kier molecular flexibility index (Phi) is 5.15. The Hall–Kier alpha value is -2.56. The van der Waals surface area contributed by atoms with Crippen molar-refractivity contribution in [2.45, 2.75) is 13.3 Å². The number of hydrogen-bond donors (Lipinski definition) is 2. The van der Waals surface area contributed by atoms with Gasteiger partial charge in [0, 0.05) is 18.4 Å². The molecule has 0 unspecified atom stereocenters. The highest BCUT2D eigenvalue weighted by molar-refractivity contribution is 6.04. The Labute approximate surface area is 124 Å². The van der Waals surface area contributed by atoms with E-state index in [4.69, 9.17) is 4.74 Å². The van der Waals surface area contributed by atoms with Crippen LogP contribution in [0.3, 0.4) is 0 Å². The zero-order valence-electron chi connectivity index (χ0n) is 12.2. The lowest BCUT2D eigenvalue weighted by atomic mass is 10.2. The number of amides is 1. The van der Waals surface area contributed by atoms with Crippen molar-refractivity contribution in [3.63, 3.8) is 0 Å². The molecule has 1 aromatic carbocycles. The molecule has 0 bridgehead atoms. The average molecular weight is 285 g/mol. The van der Waals surface area contributed by atoms with Crippen molar-refractivity contribution in [3.05, 3.63) is 48.2 Å². The van der Waals surface area contributed by atoms with E-state index in [-0.39, 0.29) is 5.91 Å². The van der Waals surface area contributed by atoms with E-state index in [2.05, 4.69) is 22.5 Å². The number of nitrogens with zero attached hydrogens (tertiary/aromatic N) is 1. The maximum Gasteiger partial charge on any atom is 0.257 e. The van der Waals surface area contributed by atoms with E-state index in [0.717, 1.165) is 24.5 Å². The fourth-order valence-corrected chi connectivity index (χ4v) is 1.76. The third kappa shape index (κ3) is 4.21. The highest BCUT2D eigenvalue weighted by Crippen LogP contribution is 2.16. The number of methoxy groups -OCH3 is 1. The van der Waals surface area contributed by atoms with Crippen LogP contribution in [-0.2, 0) is 0 Å². The summed E-state index contributed by atoms with van der Waals surface area (Å²) in [5.74, 6) is 1.34. The van der Waals surface area contributed by atoms with Gasteiger partial charge < -0.3 is 15.4 Å². The van der Waals surface area contributed by atoms with E-state index < -0.39 is 0 Å². The lowest BCUT2D eigenvalue weighted by Crippen LogP contribution is -2.12. The first kappa shape index (κ1) is 14.8. The lowest BCUT2D eigenvalue weighted by Gasteiger charge is -2.07. The molecule has 0 spiro atoms. The van der Waals surface area contributed by atoms with Gasteiger partial charge in [-0.25, -0.2) is 4.98 Å². The molecular weight excluding hydrogens is 266 g/mol. The Morgan fingerprint density at radius 3 is 2.52 bits per heavy atom. The summed E-state index contributed by atoms with van der Waals surface area (Å²) in [5, 5.41) is 5.98. The summed E-state index contributed by atoms with van der Waals surface area (Å²) in [6.45, 7) is 2.95. The normalized spacial score (nSPS) is 10.0.